The molecule has 0 radical (unpaired) electrons. The highest BCUT2D eigenvalue weighted by Crippen LogP contribution is 2.30. The number of thiol groups is 1. The molecule has 1 aliphatic rings. The zero-order valence-corrected chi connectivity index (χ0v) is 11.5. The second-order valence-corrected chi connectivity index (χ2v) is 6.62. The Morgan fingerprint density at radius 3 is 2.68 bits per heavy atom. The molecule has 0 saturated carbocycles. The zero-order valence-electron chi connectivity index (χ0n) is 9.76. The molecule has 0 saturated heterocycles. The van der Waals surface area contributed by atoms with Crippen molar-refractivity contribution in [3.05, 3.63) is 29.8 Å². The van der Waals surface area contributed by atoms with Crippen LogP contribution in [-0.2, 0) is 16.4 Å². The zero-order chi connectivity index (χ0) is 14.2. The molecule has 104 valence electrons. The molecule has 9 heteroatoms. The molecule has 7 nitrogen and oxygen atoms in total. The Labute approximate surface area is 116 Å². The summed E-state index contributed by atoms with van der Waals surface area (Å²) in [7, 11) is -4.18. The van der Waals surface area contributed by atoms with Crippen LogP contribution in [0.1, 0.15) is 5.56 Å². The Morgan fingerprint density at radius 1 is 1.42 bits per heavy atom. The molecule has 0 aliphatic carbocycles. The van der Waals surface area contributed by atoms with Gasteiger partial charge < -0.3 is 16.2 Å². The Kier molecular flexibility index (Phi) is 3.61. The normalized spacial score (nSPS) is 22.2. The van der Waals surface area contributed by atoms with E-state index in [-0.39, 0.29) is 3.71 Å². The standard InChI is InChI=1S/C10H13N3O4S2/c11-7-5-6-3-1-2-4-8(6)17-9(7)19(15,16)13(18)10(12)14/h1-4,7,9,18H,5,11H2,(H2,12,14). The van der Waals surface area contributed by atoms with Crippen LogP contribution in [0.15, 0.2) is 24.3 Å². The fourth-order valence-electron chi connectivity index (χ4n) is 1.86. The Bertz CT molecular complexity index is 605. The van der Waals surface area contributed by atoms with Crippen LogP contribution >= 0.6 is 12.8 Å². The highest BCUT2D eigenvalue weighted by atomic mass is 32.3. The molecule has 0 spiro atoms. The maximum absolute atomic E-state index is 12.1. The number of benzene rings is 1. The highest BCUT2D eigenvalue weighted by Gasteiger charge is 2.41. The van der Waals surface area contributed by atoms with Gasteiger partial charge in [0, 0.05) is 0 Å². The molecule has 2 unspecified atom stereocenters. The Morgan fingerprint density at radius 2 is 2.05 bits per heavy atom. The number of rotatable bonds is 2. The first-order chi connectivity index (χ1) is 8.84. The molecule has 1 aromatic carbocycles. The van der Waals surface area contributed by atoms with E-state index in [1.165, 1.54) is 0 Å². The lowest BCUT2D eigenvalue weighted by atomic mass is 10.0. The first kappa shape index (κ1) is 14.0. The summed E-state index contributed by atoms with van der Waals surface area (Å²) in [6.45, 7) is 0. The SMILES string of the molecule is NC(=O)N(S)S(=O)(=O)C1Oc2ccccc2CC1N. The van der Waals surface area contributed by atoms with Gasteiger partial charge in [0.15, 0.2) is 0 Å². The number of ether oxygens (including phenoxy) is 1. The lowest BCUT2D eigenvalue weighted by molar-refractivity contribution is 0.212. The van der Waals surface area contributed by atoms with Crippen LogP contribution in [0.5, 0.6) is 5.75 Å². The van der Waals surface area contributed by atoms with E-state index in [0.717, 1.165) is 5.56 Å². The minimum absolute atomic E-state index is 0.144. The first-order valence-electron chi connectivity index (χ1n) is 5.36. The number of sulfonamides is 1. The third-order valence-electron chi connectivity index (χ3n) is 2.74. The number of carbonyl (C=O) groups is 1. The van der Waals surface area contributed by atoms with E-state index >= 15 is 0 Å². The molecule has 1 aromatic rings. The number of nitrogens with two attached hydrogens (primary N) is 2. The quantitative estimate of drug-likeness (QED) is 0.656. The van der Waals surface area contributed by atoms with Crippen molar-refractivity contribution in [1.29, 1.82) is 0 Å². The van der Waals surface area contributed by atoms with Crippen molar-refractivity contribution < 1.29 is 17.9 Å². The van der Waals surface area contributed by atoms with Gasteiger partial charge in [0.25, 0.3) is 10.0 Å². The number of nitrogens with zero attached hydrogens (tertiary/aromatic N) is 1. The summed E-state index contributed by atoms with van der Waals surface area (Å²) in [5.74, 6) is 0.420. The second kappa shape index (κ2) is 4.91. The number of amides is 2. The third-order valence-corrected chi connectivity index (χ3v) is 5.32. The molecule has 2 amide bonds. The van der Waals surface area contributed by atoms with Crippen molar-refractivity contribution in [3.8, 4) is 5.75 Å². The number of hydrogen-bond donors (Lipinski definition) is 3. The minimum atomic E-state index is -4.18. The molecule has 1 heterocycles. The number of primary amides is 1. The summed E-state index contributed by atoms with van der Waals surface area (Å²) >= 11 is 3.56. The summed E-state index contributed by atoms with van der Waals surface area (Å²) in [6.07, 6.45) is 0.320. The minimum Gasteiger partial charge on any atom is -0.471 e. The van der Waals surface area contributed by atoms with Gasteiger partial charge in [0.05, 0.1) is 6.04 Å². The fourth-order valence-corrected chi connectivity index (χ4v) is 3.35. The molecule has 1 aliphatic heterocycles. The molecule has 4 N–H and O–H groups in total. The van der Waals surface area contributed by atoms with Gasteiger partial charge in [-0.05, 0) is 30.9 Å². The first-order valence-corrected chi connectivity index (χ1v) is 7.27. The predicted octanol–water partition coefficient (Wildman–Crippen LogP) is -0.170. The van der Waals surface area contributed by atoms with Gasteiger partial charge >= 0.3 is 6.03 Å². The van der Waals surface area contributed by atoms with E-state index in [2.05, 4.69) is 12.8 Å². The van der Waals surface area contributed by atoms with Crippen molar-refractivity contribution in [2.24, 2.45) is 11.5 Å². The van der Waals surface area contributed by atoms with Crippen LogP contribution in [0.4, 0.5) is 4.79 Å². The van der Waals surface area contributed by atoms with Crippen LogP contribution < -0.4 is 16.2 Å². The lowest BCUT2D eigenvalue weighted by Crippen LogP contribution is -2.53. The Hall–Kier alpha value is -1.45. The van der Waals surface area contributed by atoms with Crippen LogP contribution in [0.25, 0.3) is 0 Å². The number of carbonyl (C=O) groups excluding carboxylic acids is 1. The van der Waals surface area contributed by atoms with Crippen molar-refractivity contribution in [3.63, 3.8) is 0 Å². The average Bonchev–Trinajstić information content (AvgIpc) is 2.36. The third kappa shape index (κ3) is 2.48. The van der Waals surface area contributed by atoms with E-state index in [4.69, 9.17) is 16.2 Å². The van der Waals surface area contributed by atoms with Crippen LogP contribution in [-0.4, -0.2) is 29.6 Å². The molecular weight excluding hydrogens is 290 g/mol. The van der Waals surface area contributed by atoms with Gasteiger partial charge in [-0.25, -0.2) is 13.2 Å². The smallest absolute Gasteiger partial charge is 0.338 e. The maximum atomic E-state index is 12.1. The Balaban J connectivity index is 2.35. The van der Waals surface area contributed by atoms with E-state index < -0.39 is 27.5 Å². The summed E-state index contributed by atoms with van der Waals surface area (Å²) < 4.78 is 29.7. The topological polar surface area (TPSA) is 116 Å². The number of urea groups is 1. The molecule has 2 rings (SSSR count). The summed E-state index contributed by atoms with van der Waals surface area (Å²) in [4.78, 5) is 10.9. The van der Waals surface area contributed by atoms with Crippen LogP contribution in [0.2, 0.25) is 0 Å². The van der Waals surface area contributed by atoms with Gasteiger partial charge in [-0.3, -0.25) is 0 Å². The van der Waals surface area contributed by atoms with Crippen molar-refractivity contribution in [2.45, 2.75) is 17.9 Å². The fraction of sp³-hybridized carbons (Fsp3) is 0.300. The van der Waals surface area contributed by atoms with Gasteiger partial charge in [-0.15, -0.1) is 0 Å². The van der Waals surface area contributed by atoms with E-state index in [1.54, 1.807) is 24.3 Å². The monoisotopic (exact) mass is 303 g/mol. The molecule has 2 atom stereocenters. The van der Waals surface area contributed by atoms with Crippen LogP contribution in [0.3, 0.4) is 0 Å². The molecule has 0 bridgehead atoms. The summed E-state index contributed by atoms with van der Waals surface area (Å²) in [5.41, 5.74) is 10.1. The number of fused-ring (bicyclic) bond motifs is 1. The second-order valence-electron chi connectivity index (χ2n) is 4.09. The van der Waals surface area contributed by atoms with Crippen molar-refractivity contribution in [2.75, 3.05) is 0 Å². The largest absolute Gasteiger partial charge is 0.471 e. The van der Waals surface area contributed by atoms with E-state index in [0.29, 0.717) is 12.2 Å². The van der Waals surface area contributed by atoms with Crippen LogP contribution in [0, 0.1) is 0 Å². The maximum Gasteiger partial charge on any atom is 0.338 e. The molecule has 0 fully saturated rings. The summed E-state index contributed by atoms with van der Waals surface area (Å²) in [6, 6.07) is 4.93. The predicted molar refractivity (Wildman–Crippen MR) is 71.9 cm³/mol. The number of hydrogen-bond acceptors (Lipinski definition) is 6. The molecular formula is C10H13N3O4S2. The number of para-hydroxylation sites is 1. The van der Waals surface area contributed by atoms with Crippen molar-refractivity contribution >= 4 is 28.9 Å². The molecule has 0 aromatic heterocycles. The lowest BCUT2D eigenvalue weighted by Gasteiger charge is -2.32. The van der Waals surface area contributed by atoms with Gasteiger partial charge in [0.1, 0.15) is 5.75 Å². The highest BCUT2D eigenvalue weighted by molar-refractivity contribution is 8.01. The summed E-state index contributed by atoms with van der Waals surface area (Å²) in [5, 5.41) is 0. The average molecular weight is 303 g/mol. The van der Waals surface area contributed by atoms with Crippen molar-refractivity contribution in [1.82, 2.24) is 3.71 Å². The van der Waals surface area contributed by atoms with Gasteiger partial charge in [0.2, 0.25) is 5.44 Å². The van der Waals surface area contributed by atoms with Gasteiger partial charge in [-0.1, -0.05) is 18.2 Å². The van der Waals surface area contributed by atoms with Gasteiger partial charge in [-0.2, -0.15) is 3.71 Å². The van der Waals surface area contributed by atoms with E-state index in [1.807, 2.05) is 0 Å². The van der Waals surface area contributed by atoms with E-state index in [9.17, 15) is 13.2 Å². The molecule has 19 heavy (non-hydrogen) atoms.